The van der Waals surface area contributed by atoms with Crippen LogP contribution in [0.4, 0.5) is 0 Å². The van der Waals surface area contributed by atoms with Crippen molar-refractivity contribution in [3.63, 3.8) is 0 Å². The van der Waals surface area contributed by atoms with Crippen molar-refractivity contribution in [1.29, 1.82) is 0 Å². The first-order chi connectivity index (χ1) is 17.6. The molecule has 204 valence electrons. The molecule has 5 rings (SSSR count). The van der Waals surface area contributed by atoms with E-state index in [0.717, 1.165) is 36.2 Å². The maximum Gasteiger partial charge on any atom is 0.204 e. The monoisotopic (exact) mass is 523 g/mol. The summed E-state index contributed by atoms with van der Waals surface area (Å²) in [4.78, 5) is 1.50. The van der Waals surface area contributed by atoms with E-state index in [9.17, 15) is 0 Å². The molecule has 0 aromatic heterocycles. The fraction of sp³-hybridized carbons (Fsp3) is 0.706. The van der Waals surface area contributed by atoms with E-state index < -0.39 is 0 Å². The highest BCUT2D eigenvalue weighted by Crippen LogP contribution is 2.46. The Kier molecular flexibility index (Phi) is 8.11. The van der Waals surface area contributed by atoms with Crippen LogP contribution in [0.5, 0.6) is 11.5 Å². The molecular formula is C34H51O2S+. The molecule has 0 bridgehead atoms. The van der Waals surface area contributed by atoms with Gasteiger partial charge in [0.1, 0.15) is 17.3 Å². The van der Waals surface area contributed by atoms with Gasteiger partial charge in [-0.2, -0.15) is 0 Å². The third kappa shape index (κ3) is 6.29. The molecule has 3 heteroatoms. The van der Waals surface area contributed by atoms with Crippen molar-refractivity contribution in [2.24, 2.45) is 22.7 Å². The minimum absolute atomic E-state index is 0.288. The lowest BCUT2D eigenvalue weighted by molar-refractivity contribution is 0.0831. The minimum Gasteiger partial charge on any atom is -0.490 e. The summed E-state index contributed by atoms with van der Waals surface area (Å²) in [5.41, 5.74) is 0.797. The molecule has 3 aliphatic rings. The SMILES string of the molecule is CC(C)(C)C1CCC(Oc2cc(OC3CCC(C(C)(C)C)CC3)c3ccccc3c2[S+]2CCCC2)CC1. The Morgan fingerprint density at radius 1 is 0.622 bits per heavy atom. The topological polar surface area (TPSA) is 18.5 Å². The van der Waals surface area contributed by atoms with Gasteiger partial charge in [-0.15, -0.1) is 0 Å². The maximum absolute atomic E-state index is 6.99. The zero-order valence-electron chi connectivity index (χ0n) is 24.4. The summed E-state index contributed by atoms with van der Waals surface area (Å²) in [5, 5.41) is 2.67. The number of rotatable bonds is 5. The number of ether oxygens (including phenoxy) is 2. The number of fused-ring (bicyclic) bond motifs is 1. The van der Waals surface area contributed by atoms with Gasteiger partial charge in [0, 0.05) is 27.7 Å². The predicted octanol–water partition coefficient (Wildman–Crippen LogP) is 9.58. The molecule has 2 aromatic rings. The molecule has 37 heavy (non-hydrogen) atoms. The van der Waals surface area contributed by atoms with Gasteiger partial charge in [0.25, 0.3) is 0 Å². The first kappa shape index (κ1) is 27.2. The summed E-state index contributed by atoms with van der Waals surface area (Å²) < 4.78 is 13.8. The summed E-state index contributed by atoms with van der Waals surface area (Å²) in [7, 11) is 0.288. The third-order valence-electron chi connectivity index (χ3n) is 9.63. The molecule has 2 aromatic carbocycles. The zero-order chi connectivity index (χ0) is 26.2. The number of hydrogen-bond donors (Lipinski definition) is 0. The van der Waals surface area contributed by atoms with Crippen molar-refractivity contribution in [2.45, 2.75) is 123 Å². The molecule has 2 saturated carbocycles. The second-order valence-electron chi connectivity index (χ2n) is 14.3. The molecule has 2 aliphatic carbocycles. The van der Waals surface area contributed by atoms with Crippen LogP contribution >= 0.6 is 0 Å². The standard InChI is InChI=1S/C34H51O2S/c1-33(2,3)24-13-17-26(18-14-24)35-30-23-31(36-27-19-15-25(16-20-27)34(4,5)6)32(37-21-9-10-22-37)29-12-8-7-11-28(29)30/h7-8,11-12,23-27H,9-10,13-22H2,1-6H3/q+1. The van der Waals surface area contributed by atoms with Crippen LogP contribution in [0.15, 0.2) is 35.2 Å². The van der Waals surface area contributed by atoms with Gasteiger partial charge in [-0.1, -0.05) is 59.7 Å². The molecule has 1 heterocycles. The first-order valence-corrected chi connectivity index (χ1v) is 16.7. The molecule has 0 unspecified atom stereocenters. The smallest absolute Gasteiger partial charge is 0.204 e. The molecule has 0 spiro atoms. The van der Waals surface area contributed by atoms with E-state index in [4.69, 9.17) is 9.47 Å². The van der Waals surface area contributed by atoms with Gasteiger partial charge < -0.3 is 9.47 Å². The van der Waals surface area contributed by atoms with E-state index in [0.29, 0.717) is 23.0 Å². The Morgan fingerprint density at radius 2 is 1.08 bits per heavy atom. The summed E-state index contributed by atoms with van der Waals surface area (Å²) in [6.45, 7) is 14.4. The Hall–Kier alpha value is -1.35. The Bertz CT molecular complexity index is 1040. The van der Waals surface area contributed by atoms with Gasteiger partial charge in [-0.3, -0.25) is 0 Å². The molecule has 3 fully saturated rings. The van der Waals surface area contributed by atoms with Gasteiger partial charge in [0.05, 0.1) is 12.2 Å². The van der Waals surface area contributed by atoms with Crippen LogP contribution in [0.3, 0.4) is 0 Å². The molecule has 2 nitrogen and oxygen atoms in total. The lowest BCUT2D eigenvalue weighted by Crippen LogP contribution is -2.31. The average Bonchev–Trinajstić information content (AvgIpc) is 3.38. The molecule has 1 aliphatic heterocycles. The van der Waals surface area contributed by atoms with E-state index >= 15 is 0 Å². The lowest BCUT2D eigenvalue weighted by Gasteiger charge is -2.37. The summed E-state index contributed by atoms with van der Waals surface area (Å²) >= 11 is 0. The third-order valence-corrected chi connectivity index (χ3v) is 12.2. The molecule has 0 atom stereocenters. The Morgan fingerprint density at radius 3 is 1.57 bits per heavy atom. The van der Waals surface area contributed by atoms with E-state index in [2.05, 4.69) is 71.9 Å². The maximum atomic E-state index is 6.99. The van der Waals surface area contributed by atoms with E-state index in [1.54, 1.807) is 0 Å². The molecule has 0 N–H and O–H groups in total. The second-order valence-corrected chi connectivity index (χ2v) is 16.5. The highest BCUT2D eigenvalue weighted by molar-refractivity contribution is 7.97. The molecule has 0 amide bonds. The van der Waals surface area contributed by atoms with Gasteiger partial charge in [0.15, 0.2) is 5.75 Å². The molecular weight excluding hydrogens is 472 g/mol. The van der Waals surface area contributed by atoms with Gasteiger partial charge in [0.2, 0.25) is 4.90 Å². The first-order valence-electron chi connectivity index (χ1n) is 15.2. The lowest BCUT2D eigenvalue weighted by atomic mass is 9.72. The summed E-state index contributed by atoms with van der Waals surface area (Å²) in [5.74, 6) is 6.43. The fourth-order valence-electron chi connectivity index (χ4n) is 7.09. The van der Waals surface area contributed by atoms with Gasteiger partial charge in [-0.05, 0) is 92.9 Å². The second kappa shape index (κ2) is 11.0. The van der Waals surface area contributed by atoms with E-state index in [-0.39, 0.29) is 10.9 Å². The van der Waals surface area contributed by atoms with Crippen LogP contribution < -0.4 is 9.47 Å². The molecule has 0 radical (unpaired) electrons. The van der Waals surface area contributed by atoms with Crippen molar-refractivity contribution in [2.75, 3.05) is 11.5 Å². The average molecular weight is 524 g/mol. The quantitative estimate of drug-likeness (QED) is 0.363. The van der Waals surface area contributed by atoms with Crippen molar-refractivity contribution >= 4 is 21.7 Å². The van der Waals surface area contributed by atoms with E-state index in [1.807, 2.05) is 0 Å². The van der Waals surface area contributed by atoms with E-state index in [1.165, 1.54) is 78.5 Å². The number of benzene rings is 2. The normalized spacial score (nSPS) is 27.9. The van der Waals surface area contributed by atoms with Gasteiger partial charge in [-0.25, -0.2) is 0 Å². The predicted molar refractivity (Wildman–Crippen MR) is 160 cm³/mol. The molecule has 1 saturated heterocycles. The summed E-state index contributed by atoms with van der Waals surface area (Å²) in [6.07, 6.45) is 13.1. The Labute approximate surface area is 229 Å². The fourth-order valence-corrected chi connectivity index (χ4v) is 9.68. The van der Waals surface area contributed by atoms with Crippen LogP contribution in [0, 0.1) is 22.7 Å². The zero-order valence-corrected chi connectivity index (χ0v) is 25.2. The van der Waals surface area contributed by atoms with Crippen LogP contribution in [0.2, 0.25) is 0 Å². The van der Waals surface area contributed by atoms with Gasteiger partial charge >= 0.3 is 0 Å². The summed E-state index contributed by atoms with van der Waals surface area (Å²) in [6, 6.07) is 11.3. The largest absolute Gasteiger partial charge is 0.490 e. The highest BCUT2D eigenvalue weighted by Gasteiger charge is 2.37. The minimum atomic E-state index is 0.288. The van der Waals surface area contributed by atoms with Crippen LogP contribution in [0.1, 0.15) is 106 Å². The van der Waals surface area contributed by atoms with Crippen LogP contribution in [-0.2, 0) is 10.9 Å². The highest BCUT2D eigenvalue weighted by atomic mass is 32.2. The van der Waals surface area contributed by atoms with Crippen molar-refractivity contribution in [3.05, 3.63) is 30.3 Å². The van der Waals surface area contributed by atoms with Crippen molar-refractivity contribution in [1.82, 2.24) is 0 Å². The van der Waals surface area contributed by atoms with Crippen molar-refractivity contribution in [3.8, 4) is 11.5 Å². The Balaban J connectivity index is 1.42. The van der Waals surface area contributed by atoms with Crippen LogP contribution in [0.25, 0.3) is 10.8 Å². The van der Waals surface area contributed by atoms with Crippen LogP contribution in [-0.4, -0.2) is 23.7 Å². The van der Waals surface area contributed by atoms with Crippen molar-refractivity contribution < 1.29 is 9.47 Å². The number of hydrogen-bond acceptors (Lipinski definition) is 2.